The van der Waals surface area contributed by atoms with Crippen molar-refractivity contribution in [3.05, 3.63) is 17.6 Å². The lowest BCUT2D eigenvalue weighted by molar-refractivity contribution is 0.569. The fraction of sp³-hybridized carbons (Fsp3) is 0.455. The van der Waals surface area contributed by atoms with E-state index in [0.29, 0.717) is 0 Å². The normalized spacial score (nSPS) is 17.2. The summed E-state index contributed by atoms with van der Waals surface area (Å²) in [7, 11) is 0. The zero-order valence-electron chi connectivity index (χ0n) is 8.52. The molecule has 0 saturated carbocycles. The number of hydrogen-bond acceptors (Lipinski definition) is 4. The number of anilines is 1. The molecule has 1 saturated heterocycles. The third-order valence-electron chi connectivity index (χ3n) is 2.83. The summed E-state index contributed by atoms with van der Waals surface area (Å²) in [5.74, 6) is 0.907. The topological polar surface area (TPSA) is 29.0 Å². The molecule has 0 aliphatic carbocycles. The molecule has 78 valence electrons. The van der Waals surface area contributed by atoms with Crippen molar-refractivity contribution in [3.63, 3.8) is 0 Å². The van der Waals surface area contributed by atoms with E-state index in [-0.39, 0.29) is 0 Å². The smallest absolute Gasteiger partial charge is 0.226 e. The van der Waals surface area contributed by atoms with Gasteiger partial charge in [0.05, 0.1) is 0 Å². The van der Waals surface area contributed by atoms with Crippen molar-refractivity contribution in [3.8, 4) is 0 Å². The minimum absolute atomic E-state index is 0.907. The van der Waals surface area contributed by atoms with Crippen LogP contribution in [-0.4, -0.2) is 23.1 Å². The summed E-state index contributed by atoms with van der Waals surface area (Å²) in [5, 5.41) is 3.22. The quantitative estimate of drug-likeness (QED) is 0.738. The minimum Gasteiger partial charge on any atom is -0.341 e. The Morgan fingerprint density at radius 2 is 2.07 bits per heavy atom. The first-order chi connectivity index (χ1) is 7.43. The third kappa shape index (κ3) is 1.69. The van der Waals surface area contributed by atoms with E-state index in [1.807, 2.05) is 6.20 Å². The molecule has 3 nitrogen and oxygen atoms in total. The summed E-state index contributed by atoms with van der Waals surface area (Å²) >= 11 is 1.69. The van der Waals surface area contributed by atoms with E-state index in [1.54, 1.807) is 11.3 Å². The summed E-state index contributed by atoms with van der Waals surface area (Å²) in [6, 6.07) is 2.07. The molecule has 1 fully saturated rings. The first-order valence-electron chi connectivity index (χ1n) is 5.39. The van der Waals surface area contributed by atoms with E-state index in [1.165, 1.54) is 19.3 Å². The van der Waals surface area contributed by atoms with E-state index >= 15 is 0 Å². The first kappa shape index (κ1) is 9.09. The van der Waals surface area contributed by atoms with Crippen LogP contribution in [0.4, 0.5) is 5.95 Å². The lowest BCUT2D eigenvalue weighted by Gasteiger charge is -2.26. The highest BCUT2D eigenvalue weighted by molar-refractivity contribution is 7.16. The highest BCUT2D eigenvalue weighted by Gasteiger charge is 2.13. The van der Waals surface area contributed by atoms with Crippen molar-refractivity contribution >= 4 is 27.5 Å². The van der Waals surface area contributed by atoms with Crippen molar-refractivity contribution in [2.75, 3.05) is 18.0 Å². The van der Waals surface area contributed by atoms with Crippen molar-refractivity contribution in [2.24, 2.45) is 0 Å². The van der Waals surface area contributed by atoms with Gasteiger partial charge in [0.1, 0.15) is 4.83 Å². The Hall–Kier alpha value is -1.16. The Labute approximate surface area is 92.8 Å². The molecule has 1 aliphatic heterocycles. The number of hydrogen-bond donors (Lipinski definition) is 0. The molecule has 0 unspecified atom stereocenters. The molecule has 0 atom stereocenters. The van der Waals surface area contributed by atoms with Crippen LogP contribution in [0.1, 0.15) is 19.3 Å². The summed E-state index contributed by atoms with van der Waals surface area (Å²) in [5.41, 5.74) is 0. The zero-order valence-corrected chi connectivity index (χ0v) is 9.33. The molecule has 1 aliphatic rings. The second kappa shape index (κ2) is 3.77. The van der Waals surface area contributed by atoms with Gasteiger partial charge < -0.3 is 4.90 Å². The van der Waals surface area contributed by atoms with Crippen LogP contribution in [0.3, 0.4) is 0 Å². The van der Waals surface area contributed by atoms with Crippen LogP contribution in [0, 0.1) is 0 Å². The Morgan fingerprint density at radius 3 is 2.93 bits per heavy atom. The first-order valence-corrected chi connectivity index (χ1v) is 6.27. The molecule has 0 spiro atoms. The van der Waals surface area contributed by atoms with Crippen molar-refractivity contribution in [1.29, 1.82) is 0 Å². The van der Waals surface area contributed by atoms with Gasteiger partial charge in [0.15, 0.2) is 0 Å². The average Bonchev–Trinajstić information content (AvgIpc) is 2.77. The fourth-order valence-electron chi connectivity index (χ4n) is 1.99. The second-order valence-corrected chi connectivity index (χ2v) is 4.79. The molecule has 0 N–H and O–H groups in total. The predicted molar refractivity (Wildman–Crippen MR) is 63.5 cm³/mol. The Morgan fingerprint density at radius 1 is 1.20 bits per heavy atom. The van der Waals surface area contributed by atoms with Gasteiger partial charge in [-0.2, -0.15) is 0 Å². The van der Waals surface area contributed by atoms with Crippen LogP contribution in [0.2, 0.25) is 0 Å². The number of piperidine rings is 1. The van der Waals surface area contributed by atoms with E-state index in [2.05, 4.69) is 26.3 Å². The molecule has 3 heterocycles. The molecule has 0 radical (unpaired) electrons. The summed E-state index contributed by atoms with van der Waals surface area (Å²) in [4.78, 5) is 12.4. The Bertz CT molecular complexity index is 460. The van der Waals surface area contributed by atoms with Crippen molar-refractivity contribution < 1.29 is 0 Å². The van der Waals surface area contributed by atoms with E-state index in [4.69, 9.17) is 0 Å². The van der Waals surface area contributed by atoms with Crippen LogP contribution in [0.15, 0.2) is 17.6 Å². The van der Waals surface area contributed by atoms with Crippen LogP contribution in [-0.2, 0) is 0 Å². The molecule has 2 aromatic rings. The maximum atomic E-state index is 4.59. The fourth-order valence-corrected chi connectivity index (χ4v) is 2.73. The highest BCUT2D eigenvalue weighted by Crippen LogP contribution is 2.21. The SMILES string of the molecule is c1cc2cnc(N3CCCCC3)nc2s1. The predicted octanol–water partition coefficient (Wildman–Crippen LogP) is 2.68. The maximum Gasteiger partial charge on any atom is 0.226 e. The standard InChI is InChI=1S/C11H13N3S/c1-2-5-14(6-3-1)11-12-8-9-4-7-15-10(9)13-11/h4,7-8H,1-3,5-6H2. The monoisotopic (exact) mass is 219 g/mol. The Balaban J connectivity index is 1.95. The second-order valence-electron chi connectivity index (χ2n) is 3.90. The summed E-state index contributed by atoms with van der Waals surface area (Å²) in [6.45, 7) is 2.22. The molecular weight excluding hydrogens is 206 g/mol. The van der Waals surface area contributed by atoms with Gasteiger partial charge in [0.2, 0.25) is 5.95 Å². The maximum absolute atomic E-state index is 4.59. The molecule has 0 amide bonds. The third-order valence-corrected chi connectivity index (χ3v) is 3.66. The van der Waals surface area contributed by atoms with Gasteiger partial charge in [-0.1, -0.05) is 0 Å². The zero-order chi connectivity index (χ0) is 10.1. The van der Waals surface area contributed by atoms with E-state index in [9.17, 15) is 0 Å². The van der Waals surface area contributed by atoms with Gasteiger partial charge in [-0.05, 0) is 30.7 Å². The van der Waals surface area contributed by atoms with Gasteiger partial charge in [-0.15, -0.1) is 11.3 Å². The number of aromatic nitrogens is 2. The Kier molecular flexibility index (Phi) is 2.29. The molecule has 4 heteroatoms. The number of thiophene rings is 1. The van der Waals surface area contributed by atoms with Crippen LogP contribution < -0.4 is 4.90 Å². The highest BCUT2D eigenvalue weighted by atomic mass is 32.1. The number of nitrogens with zero attached hydrogens (tertiary/aromatic N) is 3. The van der Waals surface area contributed by atoms with Gasteiger partial charge >= 0.3 is 0 Å². The largest absolute Gasteiger partial charge is 0.341 e. The molecule has 0 aromatic carbocycles. The van der Waals surface area contributed by atoms with Gasteiger partial charge in [-0.25, -0.2) is 9.97 Å². The number of rotatable bonds is 1. The lowest BCUT2D eigenvalue weighted by atomic mass is 10.1. The van der Waals surface area contributed by atoms with Crippen molar-refractivity contribution in [1.82, 2.24) is 9.97 Å². The lowest BCUT2D eigenvalue weighted by Crippen LogP contribution is -2.30. The van der Waals surface area contributed by atoms with E-state index in [0.717, 1.165) is 29.3 Å². The van der Waals surface area contributed by atoms with Crippen LogP contribution >= 0.6 is 11.3 Å². The minimum atomic E-state index is 0.907. The van der Waals surface area contributed by atoms with Gasteiger partial charge in [0, 0.05) is 24.7 Å². The average molecular weight is 219 g/mol. The van der Waals surface area contributed by atoms with E-state index < -0.39 is 0 Å². The van der Waals surface area contributed by atoms with Crippen LogP contribution in [0.5, 0.6) is 0 Å². The van der Waals surface area contributed by atoms with Gasteiger partial charge in [-0.3, -0.25) is 0 Å². The molecular formula is C11H13N3S. The van der Waals surface area contributed by atoms with Gasteiger partial charge in [0.25, 0.3) is 0 Å². The van der Waals surface area contributed by atoms with Crippen LogP contribution in [0.25, 0.3) is 10.2 Å². The molecule has 0 bridgehead atoms. The number of fused-ring (bicyclic) bond motifs is 1. The summed E-state index contributed by atoms with van der Waals surface area (Å²) < 4.78 is 0. The molecule has 15 heavy (non-hydrogen) atoms. The molecule has 3 rings (SSSR count). The van der Waals surface area contributed by atoms with Crippen molar-refractivity contribution in [2.45, 2.75) is 19.3 Å². The molecule has 2 aromatic heterocycles. The summed E-state index contributed by atoms with van der Waals surface area (Å²) in [6.07, 6.45) is 5.82.